The molecule has 0 bridgehead atoms. The first kappa shape index (κ1) is 18.5. The lowest BCUT2D eigenvalue weighted by Gasteiger charge is -2.11. The van der Waals surface area contributed by atoms with Gasteiger partial charge in [-0.05, 0) is 61.9 Å². The van der Waals surface area contributed by atoms with Gasteiger partial charge in [-0.15, -0.1) is 0 Å². The van der Waals surface area contributed by atoms with Crippen LogP contribution in [-0.4, -0.2) is 32.0 Å². The molecule has 0 radical (unpaired) electrons. The fraction of sp³-hybridized carbons (Fsp3) is 0.136. The summed E-state index contributed by atoms with van der Waals surface area (Å²) in [5.41, 5.74) is 3.28. The van der Waals surface area contributed by atoms with Gasteiger partial charge in [-0.1, -0.05) is 6.07 Å². The molecule has 2 aromatic heterocycles. The summed E-state index contributed by atoms with van der Waals surface area (Å²) < 4.78 is 0. The SMILES string of the molecule is CC(C)Nc1ncc2cc(-c3cc(NC(=O)c4ccc[nH]4)ccc3O)ccc2n1. The maximum atomic E-state index is 12.3. The number of phenolic OH excluding ortho intramolecular Hbond substituents is 1. The van der Waals surface area contributed by atoms with Crippen LogP contribution in [-0.2, 0) is 0 Å². The summed E-state index contributed by atoms with van der Waals surface area (Å²) in [7, 11) is 0. The first-order valence-corrected chi connectivity index (χ1v) is 9.31. The molecule has 7 heteroatoms. The van der Waals surface area contributed by atoms with Crippen LogP contribution in [0.1, 0.15) is 24.3 Å². The number of amides is 1. The van der Waals surface area contributed by atoms with Crippen molar-refractivity contribution in [3.05, 3.63) is 66.6 Å². The van der Waals surface area contributed by atoms with Crippen molar-refractivity contribution in [1.82, 2.24) is 15.0 Å². The highest BCUT2D eigenvalue weighted by Crippen LogP contribution is 2.33. The third-order valence-electron chi connectivity index (χ3n) is 4.41. The fourth-order valence-corrected chi connectivity index (χ4v) is 3.04. The standard InChI is InChI=1S/C22H21N5O2/c1-13(2)25-22-24-12-15-10-14(5-7-18(15)27-22)17-11-16(6-8-20(17)28)26-21(29)19-4-3-9-23-19/h3-13,23,28H,1-2H3,(H,26,29)(H,24,25,27). The number of H-pyrrole nitrogens is 1. The summed E-state index contributed by atoms with van der Waals surface area (Å²) in [5.74, 6) is 0.460. The minimum absolute atomic E-state index is 0.126. The molecule has 29 heavy (non-hydrogen) atoms. The summed E-state index contributed by atoms with van der Waals surface area (Å²) in [4.78, 5) is 24.0. The molecular formula is C22H21N5O2. The number of carbonyl (C=O) groups excluding carboxylic acids is 1. The summed E-state index contributed by atoms with van der Waals surface area (Å²) in [6, 6.07) is 14.4. The van der Waals surface area contributed by atoms with E-state index >= 15 is 0 Å². The second-order valence-corrected chi connectivity index (χ2v) is 7.04. The highest BCUT2D eigenvalue weighted by atomic mass is 16.3. The average Bonchev–Trinajstić information content (AvgIpc) is 3.24. The lowest BCUT2D eigenvalue weighted by molar-refractivity contribution is 0.102. The largest absolute Gasteiger partial charge is 0.507 e. The van der Waals surface area contributed by atoms with Crippen molar-refractivity contribution in [2.24, 2.45) is 0 Å². The van der Waals surface area contributed by atoms with E-state index in [9.17, 15) is 9.90 Å². The van der Waals surface area contributed by atoms with E-state index in [1.807, 2.05) is 32.0 Å². The first-order valence-electron chi connectivity index (χ1n) is 9.31. The molecule has 0 saturated heterocycles. The number of carbonyl (C=O) groups is 1. The minimum atomic E-state index is -0.247. The minimum Gasteiger partial charge on any atom is -0.507 e. The fourth-order valence-electron chi connectivity index (χ4n) is 3.04. The number of aromatic nitrogens is 3. The van der Waals surface area contributed by atoms with Crippen molar-refractivity contribution < 1.29 is 9.90 Å². The highest BCUT2D eigenvalue weighted by Gasteiger charge is 2.11. The van der Waals surface area contributed by atoms with E-state index < -0.39 is 0 Å². The summed E-state index contributed by atoms with van der Waals surface area (Å²) >= 11 is 0. The number of aromatic amines is 1. The van der Waals surface area contributed by atoms with Gasteiger partial charge in [-0.25, -0.2) is 9.97 Å². The van der Waals surface area contributed by atoms with Crippen molar-refractivity contribution in [2.45, 2.75) is 19.9 Å². The third-order valence-corrected chi connectivity index (χ3v) is 4.41. The van der Waals surface area contributed by atoms with E-state index in [1.165, 1.54) is 0 Å². The Morgan fingerprint density at radius 1 is 1.14 bits per heavy atom. The molecule has 0 unspecified atom stereocenters. The van der Waals surface area contributed by atoms with E-state index in [4.69, 9.17) is 0 Å². The Bertz CT molecular complexity index is 1170. The van der Waals surface area contributed by atoms with Gasteiger partial charge in [0.15, 0.2) is 0 Å². The second-order valence-electron chi connectivity index (χ2n) is 7.04. The van der Waals surface area contributed by atoms with Crippen molar-refractivity contribution in [2.75, 3.05) is 10.6 Å². The number of nitrogens with zero attached hydrogens (tertiary/aromatic N) is 2. The van der Waals surface area contributed by atoms with Gasteiger partial charge >= 0.3 is 0 Å². The van der Waals surface area contributed by atoms with Crippen molar-refractivity contribution >= 4 is 28.4 Å². The molecule has 0 spiro atoms. The van der Waals surface area contributed by atoms with Crippen LogP contribution in [0.5, 0.6) is 5.75 Å². The molecule has 1 amide bonds. The zero-order valence-electron chi connectivity index (χ0n) is 16.1. The quantitative estimate of drug-likeness (QED) is 0.380. The Labute approximate surface area is 167 Å². The Morgan fingerprint density at radius 3 is 2.76 bits per heavy atom. The Morgan fingerprint density at radius 2 is 2.00 bits per heavy atom. The molecule has 0 aliphatic carbocycles. The maximum absolute atomic E-state index is 12.3. The van der Waals surface area contributed by atoms with E-state index in [0.717, 1.165) is 16.5 Å². The molecule has 2 heterocycles. The highest BCUT2D eigenvalue weighted by molar-refractivity contribution is 6.03. The van der Waals surface area contributed by atoms with E-state index in [-0.39, 0.29) is 17.7 Å². The zero-order chi connectivity index (χ0) is 20.4. The molecule has 7 nitrogen and oxygen atoms in total. The topological polar surface area (TPSA) is 103 Å². The number of benzene rings is 2. The number of anilines is 2. The van der Waals surface area contributed by atoms with Gasteiger partial charge in [-0.3, -0.25) is 4.79 Å². The lowest BCUT2D eigenvalue weighted by Crippen LogP contribution is -2.12. The lowest BCUT2D eigenvalue weighted by atomic mass is 10.0. The van der Waals surface area contributed by atoms with Gasteiger partial charge in [0.25, 0.3) is 5.91 Å². The number of nitrogens with one attached hydrogen (secondary N) is 3. The number of rotatable bonds is 5. The summed E-state index contributed by atoms with van der Waals surface area (Å²) in [5, 5.41) is 17.2. The average molecular weight is 387 g/mol. The normalized spacial score (nSPS) is 11.0. The maximum Gasteiger partial charge on any atom is 0.272 e. The van der Waals surface area contributed by atoms with Crippen LogP contribution < -0.4 is 10.6 Å². The molecular weight excluding hydrogens is 366 g/mol. The van der Waals surface area contributed by atoms with Crippen LogP contribution in [0.3, 0.4) is 0 Å². The van der Waals surface area contributed by atoms with Crippen LogP contribution in [0.2, 0.25) is 0 Å². The third kappa shape index (κ3) is 4.03. The number of fused-ring (bicyclic) bond motifs is 1. The van der Waals surface area contributed by atoms with Crippen molar-refractivity contribution in [3.8, 4) is 16.9 Å². The van der Waals surface area contributed by atoms with Crippen molar-refractivity contribution in [1.29, 1.82) is 0 Å². The van der Waals surface area contributed by atoms with Crippen LogP contribution in [0.15, 0.2) is 60.9 Å². The molecule has 0 fully saturated rings. The van der Waals surface area contributed by atoms with E-state index in [0.29, 0.717) is 22.9 Å². The zero-order valence-corrected chi connectivity index (χ0v) is 16.1. The van der Waals surface area contributed by atoms with Gasteiger partial charge in [-0.2, -0.15) is 0 Å². The number of hydrogen-bond acceptors (Lipinski definition) is 5. The first-order chi connectivity index (χ1) is 14.0. The van der Waals surface area contributed by atoms with Gasteiger partial charge in [0, 0.05) is 35.1 Å². The van der Waals surface area contributed by atoms with Gasteiger partial charge in [0.2, 0.25) is 5.95 Å². The van der Waals surface area contributed by atoms with Crippen LogP contribution in [0, 0.1) is 0 Å². The van der Waals surface area contributed by atoms with Crippen molar-refractivity contribution in [3.63, 3.8) is 0 Å². The van der Waals surface area contributed by atoms with Crippen LogP contribution in [0.4, 0.5) is 11.6 Å². The molecule has 146 valence electrons. The Balaban J connectivity index is 1.64. The predicted octanol–water partition coefficient (Wildman–Crippen LogP) is 4.40. The molecule has 0 saturated carbocycles. The summed E-state index contributed by atoms with van der Waals surface area (Å²) in [6.45, 7) is 4.06. The predicted molar refractivity (Wildman–Crippen MR) is 114 cm³/mol. The number of aromatic hydroxyl groups is 1. The smallest absolute Gasteiger partial charge is 0.272 e. The summed E-state index contributed by atoms with van der Waals surface area (Å²) in [6.07, 6.45) is 3.45. The molecule has 4 rings (SSSR count). The monoisotopic (exact) mass is 387 g/mol. The Hall–Kier alpha value is -3.87. The van der Waals surface area contributed by atoms with E-state index in [2.05, 4.69) is 25.6 Å². The number of phenols is 1. The van der Waals surface area contributed by atoms with Crippen LogP contribution in [0.25, 0.3) is 22.0 Å². The molecule has 4 N–H and O–H groups in total. The van der Waals surface area contributed by atoms with E-state index in [1.54, 1.807) is 42.7 Å². The Kier molecular flexibility index (Phi) is 4.87. The van der Waals surface area contributed by atoms with Crippen LogP contribution >= 0.6 is 0 Å². The second kappa shape index (κ2) is 7.63. The molecule has 0 atom stereocenters. The van der Waals surface area contributed by atoms with Gasteiger partial charge < -0.3 is 20.7 Å². The molecule has 2 aromatic carbocycles. The van der Waals surface area contributed by atoms with Gasteiger partial charge in [0.05, 0.1) is 5.52 Å². The number of hydrogen-bond donors (Lipinski definition) is 4. The molecule has 4 aromatic rings. The molecule has 0 aliphatic heterocycles. The molecule has 0 aliphatic rings. The van der Waals surface area contributed by atoms with Gasteiger partial charge in [0.1, 0.15) is 11.4 Å².